The molecule has 0 aliphatic rings. The number of nitrogens with zero attached hydrogens (tertiary/aromatic N) is 2. The minimum atomic E-state index is -0.172. The molecular formula is C17H21N5O. The van der Waals surface area contributed by atoms with E-state index < -0.39 is 0 Å². The van der Waals surface area contributed by atoms with Crippen LogP contribution in [0.2, 0.25) is 0 Å². The Bertz CT molecular complexity index is 786. The van der Waals surface area contributed by atoms with Gasteiger partial charge < -0.3 is 10.3 Å². The molecule has 2 aromatic heterocycles. The van der Waals surface area contributed by atoms with Crippen molar-refractivity contribution in [2.45, 2.75) is 33.2 Å². The first kappa shape index (κ1) is 15.3. The molecule has 0 fully saturated rings. The van der Waals surface area contributed by atoms with Crippen LogP contribution in [0.4, 0.5) is 0 Å². The smallest absolute Gasteiger partial charge is 0.255 e. The van der Waals surface area contributed by atoms with Crippen molar-refractivity contribution in [1.82, 2.24) is 25.5 Å². The summed E-state index contributed by atoms with van der Waals surface area (Å²) < 4.78 is 0. The fourth-order valence-electron chi connectivity index (χ4n) is 2.63. The van der Waals surface area contributed by atoms with Gasteiger partial charge in [-0.2, -0.15) is 5.10 Å². The standard InChI is InChI=1S/C17H21N5O/c1-4-10(2)15(21-17(23)12-9-18-22-11(12)3)16-19-13-7-5-6-8-14(13)20-16/h5-10,15H,4H2,1-3H3,(H,18,22)(H,19,20)(H,21,23)/t10-,15-/m1/s1. The fraction of sp³-hybridized carbons (Fsp3) is 0.353. The summed E-state index contributed by atoms with van der Waals surface area (Å²) in [6, 6.07) is 7.70. The molecule has 6 heteroatoms. The number of aromatic amines is 2. The molecule has 3 N–H and O–H groups in total. The summed E-state index contributed by atoms with van der Waals surface area (Å²) in [5.74, 6) is 0.906. The van der Waals surface area contributed by atoms with Crippen molar-refractivity contribution in [3.8, 4) is 0 Å². The lowest BCUT2D eigenvalue weighted by Crippen LogP contribution is -2.33. The minimum absolute atomic E-state index is 0.137. The summed E-state index contributed by atoms with van der Waals surface area (Å²) in [7, 11) is 0. The van der Waals surface area contributed by atoms with E-state index in [2.05, 4.69) is 39.3 Å². The SMILES string of the molecule is CC[C@@H](C)[C@@H](NC(=O)c1cn[nH]c1C)c1nc2ccccc2[nH]1. The van der Waals surface area contributed by atoms with Crippen molar-refractivity contribution in [3.05, 3.63) is 47.5 Å². The normalized spacial score (nSPS) is 13.9. The van der Waals surface area contributed by atoms with Crippen LogP contribution in [-0.4, -0.2) is 26.1 Å². The van der Waals surface area contributed by atoms with Gasteiger partial charge in [-0.25, -0.2) is 4.98 Å². The largest absolute Gasteiger partial charge is 0.342 e. The second kappa shape index (κ2) is 6.24. The van der Waals surface area contributed by atoms with E-state index in [0.717, 1.165) is 29.0 Å². The number of imidazole rings is 1. The van der Waals surface area contributed by atoms with Gasteiger partial charge in [-0.1, -0.05) is 32.4 Å². The summed E-state index contributed by atoms with van der Waals surface area (Å²) in [6.45, 7) is 6.05. The first-order chi connectivity index (χ1) is 11.1. The van der Waals surface area contributed by atoms with E-state index in [-0.39, 0.29) is 17.9 Å². The lowest BCUT2D eigenvalue weighted by atomic mass is 9.98. The average Bonchev–Trinajstić information content (AvgIpc) is 3.17. The first-order valence-corrected chi connectivity index (χ1v) is 7.85. The number of rotatable bonds is 5. The lowest BCUT2D eigenvalue weighted by Gasteiger charge is -2.22. The molecule has 0 unspecified atom stereocenters. The van der Waals surface area contributed by atoms with Crippen LogP contribution in [0, 0.1) is 12.8 Å². The van der Waals surface area contributed by atoms with Gasteiger partial charge in [0.25, 0.3) is 5.91 Å². The third-order valence-electron chi connectivity index (χ3n) is 4.28. The van der Waals surface area contributed by atoms with Gasteiger partial charge in [-0.3, -0.25) is 9.89 Å². The molecule has 2 atom stereocenters. The Kier molecular flexibility index (Phi) is 4.14. The van der Waals surface area contributed by atoms with E-state index >= 15 is 0 Å². The average molecular weight is 311 g/mol. The number of fused-ring (bicyclic) bond motifs is 1. The van der Waals surface area contributed by atoms with Crippen LogP contribution < -0.4 is 5.32 Å². The Morgan fingerprint density at radius 1 is 1.35 bits per heavy atom. The second-order valence-electron chi connectivity index (χ2n) is 5.88. The number of para-hydroxylation sites is 2. The second-order valence-corrected chi connectivity index (χ2v) is 5.88. The van der Waals surface area contributed by atoms with E-state index in [1.165, 1.54) is 0 Å². The Hall–Kier alpha value is -2.63. The number of hydrogen-bond donors (Lipinski definition) is 3. The molecule has 0 saturated heterocycles. The van der Waals surface area contributed by atoms with Crippen LogP contribution in [0.15, 0.2) is 30.5 Å². The van der Waals surface area contributed by atoms with Crippen LogP contribution in [0.1, 0.15) is 48.2 Å². The maximum Gasteiger partial charge on any atom is 0.255 e. The number of hydrogen-bond acceptors (Lipinski definition) is 3. The number of benzene rings is 1. The topological polar surface area (TPSA) is 86.5 Å². The molecule has 120 valence electrons. The Morgan fingerprint density at radius 2 is 2.13 bits per heavy atom. The van der Waals surface area contributed by atoms with Crippen LogP contribution in [0.3, 0.4) is 0 Å². The number of nitrogens with one attached hydrogen (secondary N) is 3. The van der Waals surface area contributed by atoms with Crippen molar-refractivity contribution >= 4 is 16.9 Å². The van der Waals surface area contributed by atoms with E-state index in [0.29, 0.717) is 5.56 Å². The Balaban J connectivity index is 1.91. The van der Waals surface area contributed by atoms with Crippen LogP contribution in [0.5, 0.6) is 0 Å². The zero-order valence-corrected chi connectivity index (χ0v) is 13.6. The molecule has 0 saturated carbocycles. The lowest BCUT2D eigenvalue weighted by molar-refractivity contribution is 0.0920. The van der Waals surface area contributed by atoms with Gasteiger partial charge in [-0.15, -0.1) is 0 Å². The minimum Gasteiger partial charge on any atom is -0.342 e. The number of amides is 1. The molecule has 6 nitrogen and oxygen atoms in total. The third kappa shape index (κ3) is 2.97. The molecule has 0 aliphatic carbocycles. The van der Waals surface area contributed by atoms with Crippen molar-refractivity contribution in [1.29, 1.82) is 0 Å². The van der Waals surface area contributed by atoms with Gasteiger partial charge in [0.15, 0.2) is 0 Å². The molecule has 1 aromatic carbocycles. The van der Waals surface area contributed by atoms with E-state index in [1.807, 2.05) is 31.2 Å². The quantitative estimate of drug-likeness (QED) is 0.676. The van der Waals surface area contributed by atoms with Gasteiger partial charge in [0.05, 0.1) is 28.8 Å². The number of aryl methyl sites for hydroxylation is 1. The number of aromatic nitrogens is 4. The summed E-state index contributed by atoms with van der Waals surface area (Å²) in [6.07, 6.45) is 2.49. The molecule has 0 aliphatic heterocycles. The van der Waals surface area contributed by atoms with Gasteiger partial charge in [0.2, 0.25) is 0 Å². The van der Waals surface area contributed by atoms with Crippen molar-refractivity contribution in [3.63, 3.8) is 0 Å². The predicted molar refractivity (Wildman–Crippen MR) is 89.1 cm³/mol. The highest BCUT2D eigenvalue weighted by molar-refractivity contribution is 5.95. The molecule has 23 heavy (non-hydrogen) atoms. The molecule has 0 radical (unpaired) electrons. The number of carbonyl (C=O) groups is 1. The molecule has 0 bridgehead atoms. The zero-order chi connectivity index (χ0) is 16.4. The first-order valence-electron chi connectivity index (χ1n) is 7.85. The third-order valence-corrected chi connectivity index (χ3v) is 4.28. The number of carbonyl (C=O) groups excluding carboxylic acids is 1. The zero-order valence-electron chi connectivity index (χ0n) is 13.6. The van der Waals surface area contributed by atoms with Crippen molar-refractivity contribution in [2.24, 2.45) is 5.92 Å². The molecule has 1 amide bonds. The number of H-pyrrole nitrogens is 2. The van der Waals surface area contributed by atoms with Crippen LogP contribution in [0.25, 0.3) is 11.0 Å². The van der Waals surface area contributed by atoms with Crippen molar-refractivity contribution in [2.75, 3.05) is 0 Å². The van der Waals surface area contributed by atoms with Gasteiger partial charge in [0, 0.05) is 5.69 Å². The highest BCUT2D eigenvalue weighted by Gasteiger charge is 2.25. The fourth-order valence-corrected chi connectivity index (χ4v) is 2.63. The Morgan fingerprint density at radius 3 is 2.78 bits per heavy atom. The maximum absolute atomic E-state index is 12.5. The maximum atomic E-state index is 12.5. The summed E-state index contributed by atoms with van der Waals surface area (Å²) >= 11 is 0. The van der Waals surface area contributed by atoms with Gasteiger partial charge in [-0.05, 0) is 25.0 Å². The monoisotopic (exact) mass is 311 g/mol. The van der Waals surface area contributed by atoms with Crippen molar-refractivity contribution < 1.29 is 4.79 Å². The van der Waals surface area contributed by atoms with Gasteiger partial charge in [0.1, 0.15) is 5.82 Å². The Labute approximate surface area is 134 Å². The molecular weight excluding hydrogens is 290 g/mol. The summed E-state index contributed by atoms with van der Waals surface area (Å²) in [5.41, 5.74) is 3.21. The van der Waals surface area contributed by atoms with Gasteiger partial charge >= 0.3 is 0 Å². The highest BCUT2D eigenvalue weighted by Crippen LogP contribution is 2.25. The highest BCUT2D eigenvalue weighted by atomic mass is 16.1. The molecule has 2 heterocycles. The van der Waals surface area contributed by atoms with Crippen LogP contribution in [-0.2, 0) is 0 Å². The molecule has 0 spiro atoms. The summed E-state index contributed by atoms with van der Waals surface area (Å²) in [5, 5.41) is 9.80. The molecule has 3 rings (SSSR count). The van der Waals surface area contributed by atoms with E-state index in [4.69, 9.17) is 0 Å². The van der Waals surface area contributed by atoms with Crippen LogP contribution >= 0.6 is 0 Å². The van der Waals surface area contributed by atoms with E-state index in [1.54, 1.807) is 6.20 Å². The molecule has 3 aromatic rings. The summed E-state index contributed by atoms with van der Waals surface area (Å²) in [4.78, 5) is 20.5. The van der Waals surface area contributed by atoms with E-state index in [9.17, 15) is 4.79 Å². The predicted octanol–water partition coefficient (Wildman–Crippen LogP) is 3.11.